The molecule has 23 heavy (non-hydrogen) atoms. The van der Waals surface area contributed by atoms with Gasteiger partial charge in [0.15, 0.2) is 5.65 Å². The molecule has 116 valence electrons. The highest BCUT2D eigenvalue weighted by molar-refractivity contribution is 7.98. The molecule has 2 N–H and O–H groups in total. The maximum atomic E-state index is 12.3. The number of fused-ring (bicyclic) bond motifs is 2. The Bertz CT molecular complexity index is 1080. The van der Waals surface area contributed by atoms with Gasteiger partial charge in [-0.1, -0.05) is 11.8 Å². The monoisotopic (exact) mass is 344 g/mol. The van der Waals surface area contributed by atoms with Crippen LogP contribution in [-0.4, -0.2) is 29.9 Å². The molecule has 4 rings (SSSR count). The van der Waals surface area contributed by atoms with Gasteiger partial charge in [0, 0.05) is 4.88 Å². The Morgan fingerprint density at radius 2 is 2.13 bits per heavy atom. The summed E-state index contributed by atoms with van der Waals surface area (Å²) in [6.45, 7) is 3.96. The number of aromatic nitrogens is 6. The molecule has 9 heteroatoms. The average Bonchev–Trinajstić information content (AvgIpc) is 3.11. The lowest BCUT2D eigenvalue weighted by atomic mass is 10.2. The summed E-state index contributed by atoms with van der Waals surface area (Å²) in [5.74, 6) is 1.16. The average molecular weight is 344 g/mol. The Morgan fingerprint density at radius 3 is 3.00 bits per heavy atom. The summed E-state index contributed by atoms with van der Waals surface area (Å²) < 4.78 is 0. The van der Waals surface area contributed by atoms with E-state index in [0.717, 1.165) is 25.8 Å². The molecule has 0 aliphatic carbocycles. The first-order valence-corrected chi connectivity index (χ1v) is 8.69. The van der Waals surface area contributed by atoms with Gasteiger partial charge in [-0.05, 0) is 19.4 Å². The fraction of sp³-hybridized carbons (Fsp3) is 0.214. The Labute approximate surface area is 138 Å². The Balaban J connectivity index is 1.68. The predicted molar refractivity (Wildman–Crippen MR) is 91.0 cm³/mol. The second-order valence-electron chi connectivity index (χ2n) is 5.04. The van der Waals surface area contributed by atoms with E-state index < -0.39 is 0 Å². The topological polar surface area (TPSA) is 100 Å². The summed E-state index contributed by atoms with van der Waals surface area (Å²) in [4.78, 5) is 37.1. The molecule has 0 bridgehead atoms. The second-order valence-corrected chi connectivity index (χ2v) is 7.21. The first-order valence-electron chi connectivity index (χ1n) is 6.89. The predicted octanol–water partition coefficient (Wildman–Crippen LogP) is 2.56. The van der Waals surface area contributed by atoms with E-state index >= 15 is 0 Å². The van der Waals surface area contributed by atoms with Crippen LogP contribution in [0.2, 0.25) is 0 Å². The van der Waals surface area contributed by atoms with Gasteiger partial charge in [0.2, 0.25) is 0 Å². The summed E-state index contributed by atoms with van der Waals surface area (Å²) in [7, 11) is 0. The quantitative estimate of drug-likeness (QED) is 0.438. The number of aromatic amines is 2. The van der Waals surface area contributed by atoms with Crippen molar-refractivity contribution in [3.05, 3.63) is 39.3 Å². The molecule has 4 heterocycles. The Morgan fingerprint density at radius 1 is 1.26 bits per heavy atom. The smallest absolute Gasteiger partial charge is 0.259 e. The molecule has 0 aliphatic heterocycles. The molecule has 7 nitrogen and oxygen atoms in total. The van der Waals surface area contributed by atoms with Crippen molar-refractivity contribution < 1.29 is 0 Å². The summed E-state index contributed by atoms with van der Waals surface area (Å²) in [6, 6.07) is 0. The molecule has 0 spiro atoms. The van der Waals surface area contributed by atoms with E-state index in [1.54, 1.807) is 17.7 Å². The number of nitrogens with one attached hydrogen (secondary N) is 2. The molecule has 0 radical (unpaired) electrons. The lowest BCUT2D eigenvalue weighted by molar-refractivity contribution is 1.03. The van der Waals surface area contributed by atoms with E-state index in [1.807, 2.05) is 13.8 Å². The van der Waals surface area contributed by atoms with Gasteiger partial charge < -0.3 is 9.97 Å². The van der Waals surface area contributed by atoms with Crippen LogP contribution in [0.4, 0.5) is 0 Å². The van der Waals surface area contributed by atoms with Crippen molar-refractivity contribution in [1.82, 2.24) is 29.9 Å². The first kappa shape index (κ1) is 14.3. The number of thiophene rings is 1. The number of H-pyrrole nitrogens is 2. The van der Waals surface area contributed by atoms with E-state index in [-0.39, 0.29) is 5.56 Å². The molecular weight excluding hydrogens is 332 g/mol. The van der Waals surface area contributed by atoms with Crippen LogP contribution in [0.5, 0.6) is 0 Å². The Kier molecular flexibility index (Phi) is 3.38. The van der Waals surface area contributed by atoms with Gasteiger partial charge in [0.05, 0.1) is 17.5 Å². The van der Waals surface area contributed by atoms with Gasteiger partial charge >= 0.3 is 0 Å². The molecule has 0 aliphatic rings. The normalized spacial score (nSPS) is 11.6. The zero-order valence-corrected chi connectivity index (χ0v) is 14.0. The second kappa shape index (κ2) is 5.43. The van der Waals surface area contributed by atoms with Crippen molar-refractivity contribution >= 4 is 44.5 Å². The molecule has 4 aromatic rings. The largest absolute Gasteiger partial charge is 0.341 e. The third kappa shape index (κ3) is 2.41. The number of rotatable bonds is 3. The summed E-state index contributed by atoms with van der Waals surface area (Å²) in [6.07, 6.45) is 3.07. The summed E-state index contributed by atoms with van der Waals surface area (Å²) in [5.41, 5.74) is 2.35. The van der Waals surface area contributed by atoms with Gasteiger partial charge in [-0.2, -0.15) is 0 Å². The van der Waals surface area contributed by atoms with Crippen LogP contribution in [0, 0.1) is 13.8 Å². The van der Waals surface area contributed by atoms with Crippen molar-refractivity contribution in [2.45, 2.75) is 24.6 Å². The Hall–Kier alpha value is -2.26. The molecule has 0 atom stereocenters. The molecule has 0 saturated carbocycles. The van der Waals surface area contributed by atoms with Crippen LogP contribution >= 0.6 is 23.1 Å². The van der Waals surface area contributed by atoms with Gasteiger partial charge in [-0.25, -0.2) is 19.9 Å². The molecule has 0 amide bonds. The maximum Gasteiger partial charge on any atom is 0.259 e. The van der Waals surface area contributed by atoms with E-state index in [4.69, 9.17) is 0 Å². The highest BCUT2D eigenvalue weighted by Crippen LogP contribution is 2.28. The minimum absolute atomic E-state index is 0.0816. The zero-order chi connectivity index (χ0) is 16.0. The lowest BCUT2D eigenvalue weighted by Crippen LogP contribution is -2.10. The van der Waals surface area contributed by atoms with Gasteiger partial charge in [0.25, 0.3) is 5.56 Å². The van der Waals surface area contributed by atoms with Crippen LogP contribution < -0.4 is 5.56 Å². The molecule has 0 fully saturated rings. The number of hydrogen-bond donors (Lipinski definition) is 2. The minimum Gasteiger partial charge on any atom is -0.341 e. The lowest BCUT2D eigenvalue weighted by Gasteiger charge is -2.02. The molecular formula is C14H12N6OS2. The number of nitrogens with zero attached hydrogens (tertiary/aromatic N) is 4. The van der Waals surface area contributed by atoms with Crippen molar-refractivity contribution in [3.63, 3.8) is 0 Å². The van der Waals surface area contributed by atoms with Crippen molar-refractivity contribution in [2.75, 3.05) is 0 Å². The van der Waals surface area contributed by atoms with Crippen molar-refractivity contribution in [3.8, 4) is 0 Å². The molecule has 0 aromatic carbocycles. The highest BCUT2D eigenvalue weighted by Gasteiger charge is 2.13. The van der Waals surface area contributed by atoms with Crippen LogP contribution in [0.1, 0.15) is 16.3 Å². The highest BCUT2D eigenvalue weighted by atomic mass is 32.2. The summed E-state index contributed by atoms with van der Waals surface area (Å²) >= 11 is 3.04. The number of imidazole rings is 1. The fourth-order valence-electron chi connectivity index (χ4n) is 2.36. The van der Waals surface area contributed by atoms with E-state index in [0.29, 0.717) is 22.6 Å². The first-order chi connectivity index (χ1) is 11.1. The van der Waals surface area contributed by atoms with Gasteiger partial charge in [0.1, 0.15) is 27.5 Å². The van der Waals surface area contributed by atoms with E-state index in [2.05, 4.69) is 29.9 Å². The molecule has 4 aromatic heterocycles. The SMILES string of the molecule is Cc1sc2nc(CSc3ncnc4nc[nH]c34)[nH]c(=O)c2c1C. The van der Waals surface area contributed by atoms with Crippen molar-refractivity contribution in [1.29, 1.82) is 0 Å². The van der Waals surface area contributed by atoms with Crippen molar-refractivity contribution in [2.24, 2.45) is 0 Å². The molecule has 0 unspecified atom stereocenters. The van der Waals surface area contributed by atoms with Crippen LogP contribution in [0.25, 0.3) is 21.4 Å². The fourth-order valence-corrected chi connectivity index (χ4v) is 4.23. The minimum atomic E-state index is -0.0816. The standard InChI is InChI=1S/C14H12N6OS2/c1-6-7(2)23-13-9(6)12(21)19-8(20-13)3-22-14-10-11(16-4-15-10)17-5-18-14/h4-5H,3H2,1-2H3,(H,19,20,21)(H,15,16,17,18). The number of aryl methyl sites for hydroxylation is 2. The van der Waals surface area contributed by atoms with Gasteiger partial charge in [-0.15, -0.1) is 11.3 Å². The van der Waals surface area contributed by atoms with Crippen LogP contribution in [0.3, 0.4) is 0 Å². The summed E-state index contributed by atoms with van der Waals surface area (Å²) in [5, 5.41) is 1.48. The number of thioether (sulfide) groups is 1. The zero-order valence-electron chi connectivity index (χ0n) is 12.4. The van der Waals surface area contributed by atoms with E-state index in [1.165, 1.54) is 18.1 Å². The number of hydrogen-bond acceptors (Lipinski definition) is 7. The third-order valence-corrected chi connectivity index (χ3v) is 5.72. The molecule has 0 saturated heterocycles. The van der Waals surface area contributed by atoms with Gasteiger partial charge in [-0.3, -0.25) is 4.79 Å². The van der Waals surface area contributed by atoms with Crippen LogP contribution in [-0.2, 0) is 5.75 Å². The third-order valence-electron chi connectivity index (χ3n) is 3.62. The van der Waals surface area contributed by atoms with E-state index in [9.17, 15) is 4.79 Å². The maximum absolute atomic E-state index is 12.3. The van der Waals surface area contributed by atoms with Crippen LogP contribution in [0.15, 0.2) is 22.5 Å².